The van der Waals surface area contributed by atoms with Crippen molar-refractivity contribution in [2.45, 2.75) is 0 Å². The van der Waals surface area contributed by atoms with Crippen LogP contribution in [0.25, 0.3) is 0 Å². The fraction of sp³-hybridized carbons (Fsp3) is 0.182. The Morgan fingerprint density at radius 2 is 1.86 bits per heavy atom. The van der Waals surface area contributed by atoms with Crippen LogP contribution >= 0.6 is 0 Å². The fourth-order valence-electron chi connectivity index (χ4n) is 0.927. The highest BCUT2D eigenvalue weighted by atomic mass is 19.1. The summed E-state index contributed by atoms with van der Waals surface area (Å²) in [6, 6.07) is 5.49. The zero-order valence-electron chi connectivity index (χ0n) is 8.20. The lowest BCUT2D eigenvalue weighted by Crippen LogP contribution is -2.03. The van der Waals surface area contributed by atoms with Gasteiger partial charge in [0.2, 0.25) is 0 Å². The van der Waals surface area contributed by atoms with E-state index in [9.17, 15) is 9.18 Å². The summed E-state index contributed by atoms with van der Waals surface area (Å²) in [5, 5.41) is 0. The number of carbonyl (C=O) groups is 1. The van der Waals surface area contributed by atoms with E-state index in [1.54, 1.807) is 11.1 Å². The van der Waals surface area contributed by atoms with Gasteiger partial charge < -0.3 is 4.90 Å². The predicted octanol–water partition coefficient (Wildman–Crippen LogP) is 2.08. The Hall–Kier alpha value is -1.64. The number of hydrogen-bond donors (Lipinski definition) is 0. The highest BCUT2D eigenvalue weighted by molar-refractivity contribution is 6.04. The molecule has 0 saturated heterocycles. The number of allylic oxidation sites excluding steroid dienone is 1. The molecule has 1 aromatic carbocycles. The van der Waals surface area contributed by atoms with E-state index in [4.69, 9.17) is 0 Å². The summed E-state index contributed by atoms with van der Waals surface area (Å²) in [6.45, 7) is 0. The van der Waals surface area contributed by atoms with Crippen LogP contribution in [0.3, 0.4) is 0 Å². The molecule has 0 unspecified atom stereocenters. The number of benzene rings is 1. The molecule has 0 N–H and O–H groups in total. The van der Waals surface area contributed by atoms with Crippen LogP contribution in [0.2, 0.25) is 0 Å². The van der Waals surface area contributed by atoms with Crippen molar-refractivity contribution in [3.05, 3.63) is 47.9 Å². The van der Waals surface area contributed by atoms with Gasteiger partial charge in [0.1, 0.15) is 5.82 Å². The second-order valence-corrected chi connectivity index (χ2v) is 3.15. The van der Waals surface area contributed by atoms with Crippen molar-refractivity contribution in [1.29, 1.82) is 0 Å². The molecule has 1 aromatic rings. The van der Waals surface area contributed by atoms with Crippen molar-refractivity contribution < 1.29 is 9.18 Å². The molecule has 0 radical (unpaired) electrons. The number of carbonyl (C=O) groups excluding carboxylic acids is 1. The maximum Gasteiger partial charge on any atom is 0.187 e. The summed E-state index contributed by atoms with van der Waals surface area (Å²) in [5.41, 5.74) is 0.490. The van der Waals surface area contributed by atoms with Gasteiger partial charge in [-0.1, -0.05) is 0 Å². The molecule has 0 aliphatic carbocycles. The SMILES string of the molecule is CN(C)C=CC(=O)c1ccc(F)cc1. The third kappa shape index (κ3) is 3.01. The maximum absolute atomic E-state index is 12.5. The van der Waals surface area contributed by atoms with Gasteiger partial charge >= 0.3 is 0 Å². The van der Waals surface area contributed by atoms with Gasteiger partial charge in [-0.25, -0.2) is 4.39 Å². The fourth-order valence-corrected chi connectivity index (χ4v) is 0.927. The summed E-state index contributed by atoms with van der Waals surface area (Å²) >= 11 is 0. The van der Waals surface area contributed by atoms with Gasteiger partial charge in [-0.2, -0.15) is 0 Å². The average molecular weight is 193 g/mol. The van der Waals surface area contributed by atoms with Crippen LogP contribution in [0.1, 0.15) is 10.4 Å². The van der Waals surface area contributed by atoms with E-state index < -0.39 is 0 Å². The second kappa shape index (κ2) is 4.56. The first-order chi connectivity index (χ1) is 6.59. The smallest absolute Gasteiger partial charge is 0.187 e. The molecule has 14 heavy (non-hydrogen) atoms. The molecule has 0 amide bonds. The Morgan fingerprint density at radius 3 is 2.36 bits per heavy atom. The lowest BCUT2D eigenvalue weighted by Gasteiger charge is -2.02. The normalized spacial score (nSPS) is 10.5. The average Bonchev–Trinajstić information content (AvgIpc) is 2.15. The molecule has 1 rings (SSSR count). The molecule has 0 spiro atoms. The molecule has 0 saturated carbocycles. The minimum absolute atomic E-state index is 0.126. The molecule has 2 nitrogen and oxygen atoms in total. The van der Waals surface area contributed by atoms with Crippen molar-refractivity contribution in [1.82, 2.24) is 4.90 Å². The van der Waals surface area contributed by atoms with Gasteiger partial charge in [0, 0.05) is 31.9 Å². The molecule has 3 heteroatoms. The van der Waals surface area contributed by atoms with Crippen LogP contribution in [0.4, 0.5) is 4.39 Å². The molecule has 0 heterocycles. The Labute approximate surface area is 82.7 Å². The Kier molecular flexibility index (Phi) is 3.40. The topological polar surface area (TPSA) is 20.3 Å². The third-order valence-corrected chi connectivity index (χ3v) is 1.65. The van der Waals surface area contributed by atoms with Crippen LogP contribution in [-0.4, -0.2) is 24.8 Å². The van der Waals surface area contributed by atoms with E-state index in [2.05, 4.69) is 0 Å². The zero-order valence-corrected chi connectivity index (χ0v) is 8.20. The largest absolute Gasteiger partial charge is 0.383 e. The van der Waals surface area contributed by atoms with Crippen LogP contribution < -0.4 is 0 Å². The highest BCUT2D eigenvalue weighted by Gasteiger charge is 2.00. The molecule has 0 aliphatic heterocycles. The monoisotopic (exact) mass is 193 g/mol. The summed E-state index contributed by atoms with van der Waals surface area (Å²) in [5.74, 6) is -0.461. The van der Waals surface area contributed by atoms with Gasteiger partial charge in [-0.15, -0.1) is 0 Å². The van der Waals surface area contributed by atoms with E-state index in [1.165, 1.54) is 30.3 Å². The number of rotatable bonds is 3. The Morgan fingerprint density at radius 1 is 1.29 bits per heavy atom. The lowest BCUT2D eigenvalue weighted by atomic mass is 10.1. The van der Waals surface area contributed by atoms with Crippen molar-refractivity contribution >= 4 is 5.78 Å². The van der Waals surface area contributed by atoms with Gasteiger partial charge in [-0.05, 0) is 24.3 Å². The van der Waals surface area contributed by atoms with E-state index >= 15 is 0 Å². The molecular weight excluding hydrogens is 181 g/mol. The van der Waals surface area contributed by atoms with Crippen LogP contribution in [0.5, 0.6) is 0 Å². The maximum atomic E-state index is 12.5. The molecule has 0 fully saturated rings. The minimum atomic E-state index is -0.335. The first kappa shape index (κ1) is 10.4. The van der Waals surface area contributed by atoms with Gasteiger partial charge in [0.25, 0.3) is 0 Å². The van der Waals surface area contributed by atoms with Crippen LogP contribution in [0, 0.1) is 5.82 Å². The van der Waals surface area contributed by atoms with Crippen LogP contribution in [-0.2, 0) is 0 Å². The van der Waals surface area contributed by atoms with E-state index in [0.717, 1.165) is 0 Å². The standard InChI is InChI=1S/C11H12FNO/c1-13(2)8-7-11(14)9-3-5-10(12)6-4-9/h3-8H,1-2H3. The molecule has 0 aliphatic rings. The third-order valence-electron chi connectivity index (χ3n) is 1.65. The summed E-state index contributed by atoms with van der Waals surface area (Å²) in [6.07, 6.45) is 3.11. The molecule has 0 atom stereocenters. The van der Waals surface area contributed by atoms with Crippen molar-refractivity contribution in [2.24, 2.45) is 0 Å². The first-order valence-electron chi connectivity index (χ1n) is 4.24. The van der Waals surface area contributed by atoms with E-state index in [1.807, 2.05) is 14.1 Å². The summed E-state index contributed by atoms with van der Waals surface area (Å²) in [7, 11) is 3.66. The van der Waals surface area contributed by atoms with E-state index in [-0.39, 0.29) is 11.6 Å². The molecule has 0 bridgehead atoms. The van der Waals surface area contributed by atoms with E-state index in [0.29, 0.717) is 5.56 Å². The lowest BCUT2D eigenvalue weighted by molar-refractivity contribution is 0.104. The first-order valence-corrected chi connectivity index (χ1v) is 4.24. The zero-order chi connectivity index (χ0) is 10.6. The molecule has 74 valence electrons. The molecular formula is C11H12FNO. The minimum Gasteiger partial charge on any atom is -0.383 e. The number of nitrogens with zero attached hydrogens (tertiary/aromatic N) is 1. The summed E-state index contributed by atoms with van der Waals surface area (Å²) in [4.78, 5) is 13.2. The Bertz CT molecular complexity index is 341. The highest BCUT2D eigenvalue weighted by Crippen LogP contribution is 2.04. The second-order valence-electron chi connectivity index (χ2n) is 3.15. The number of ketones is 1. The van der Waals surface area contributed by atoms with Crippen molar-refractivity contribution in [2.75, 3.05) is 14.1 Å². The number of halogens is 1. The van der Waals surface area contributed by atoms with Crippen LogP contribution in [0.15, 0.2) is 36.5 Å². The van der Waals surface area contributed by atoms with Gasteiger partial charge in [-0.3, -0.25) is 4.79 Å². The van der Waals surface area contributed by atoms with Gasteiger partial charge in [0.15, 0.2) is 5.78 Å². The van der Waals surface area contributed by atoms with Gasteiger partial charge in [0.05, 0.1) is 0 Å². The van der Waals surface area contributed by atoms with Crippen molar-refractivity contribution in [3.63, 3.8) is 0 Å². The van der Waals surface area contributed by atoms with Crippen molar-refractivity contribution in [3.8, 4) is 0 Å². The predicted molar refractivity (Wildman–Crippen MR) is 53.6 cm³/mol. The summed E-state index contributed by atoms with van der Waals surface area (Å²) < 4.78 is 12.5. The number of hydrogen-bond acceptors (Lipinski definition) is 2. The Balaban J connectivity index is 2.75. The molecule has 0 aromatic heterocycles. The quantitative estimate of drug-likeness (QED) is 0.541.